The van der Waals surface area contributed by atoms with E-state index in [-0.39, 0.29) is 24.8 Å². The molecule has 164 valence electrons. The number of aryl methyl sites for hydroxylation is 2. The van der Waals surface area contributed by atoms with Crippen LogP contribution in [0.1, 0.15) is 38.5 Å². The van der Waals surface area contributed by atoms with E-state index in [1.807, 2.05) is 19.9 Å². The number of carbonyl (C=O) groups excluding carboxylic acids is 2. The highest BCUT2D eigenvalue weighted by Crippen LogP contribution is 2.16. The lowest BCUT2D eigenvalue weighted by molar-refractivity contribution is -0.136. The number of rotatable bonds is 8. The van der Waals surface area contributed by atoms with Gasteiger partial charge in [0.15, 0.2) is 0 Å². The predicted octanol–water partition coefficient (Wildman–Crippen LogP) is 3.29. The molecule has 0 aliphatic heterocycles. The van der Waals surface area contributed by atoms with Gasteiger partial charge in [-0.3, -0.25) is 14.4 Å². The zero-order valence-corrected chi connectivity index (χ0v) is 17.7. The number of nitrogens with zero attached hydrogens (tertiary/aromatic N) is 2. The molecule has 0 saturated carbocycles. The fourth-order valence-electron chi connectivity index (χ4n) is 2.91. The fraction of sp³-hybridized carbons (Fsp3) is 0.174. The van der Waals surface area contributed by atoms with E-state index in [0.29, 0.717) is 22.8 Å². The Labute approximate surface area is 184 Å². The number of amides is 2. The van der Waals surface area contributed by atoms with Crippen LogP contribution in [-0.4, -0.2) is 39.4 Å². The van der Waals surface area contributed by atoms with Crippen molar-refractivity contribution in [2.24, 2.45) is 0 Å². The van der Waals surface area contributed by atoms with E-state index in [2.05, 4.69) is 25.9 Å². The summed E-state index contributed by atoms with van der Waals surface area (Å²) < 4.78 is 0. The van der Waals surface area contributed by atoms with E-state index in [1.54, 1.807) is 48.5 Å². The number of nitrogens with one attached hydrogen (secondary N) is 3. The van der Waals surface area contributed by atoms with Crippen molar-refractivity contribution in [3.8, 4) is 0 Å². The van der Waals surface area contributed by atoms with Gasteiger partial charge in [-0.05, 0) is 68.4 Å². The second-order valence-electron chi connectivity index (χ2n) is 7.11. The summed E-state index contributed by atoms with van der Waals surface area (Å²) in [5.41, 5.74) is 3.84. The van der Waals surface area contributed by atoms with Crippen LogP contribution in [0.25, 0.3) is 0 Å². The minimum atomic E-state index is -0.981. The van der Waals surface area contributed by atoms with Crippen LogP contribution in [0.5, 0.6) is 0 Å². The highest BCUT2D eigenvalue weighted by atomic mass is 16.4. The van der Waals surface area contributed by atoms with Crippen molar-refractivity contribution in [3.05, 3.63) is 77.1 Å². The van der Waals surface area contributed by atoms with Gasteiger partial charge in [0.25, 0.3) is 11.8 Å². The number of aromatic nitrogens is 2. The number of carboxylic acid groups (broad SMARTS) is 1. The molecule has 0 atom stereocenters. The van der Waals surface area contributed by atoms with Crippen LogP contribution < -0.4 is 16.0 Å². The van der Waals surface area contributed by atoms with Gasteiger partial charge in [0.2, 0.25) is 5.95 Å². The number of carboxylic acids is 1. The second-order valence-corrected chi connectivity index (χ2v) is 7.11. The normalized spacial score (nSPS) is 10.3. The SMILES string of the molecule is Cc1cc(C)nc(Nc2ccc(C(=O)Nc3ccc(C(=O)NCCC(=O)O)cc3)cc2)n1. The molecule has 0 radical (unpaired) electrons. The Morgan fingerprint density at radius 1 is 0.812 bits per heavy atom. The van der Waals surface area contributed by atoms with Gasteiger partial charge in [-0.25, -0.2) is 9.97 Å². The summed E-state index contributed by atoms with van der Waals surface area (Å²) in [7, 11) is 0. The highest BCUT2D eigenvalue weighted by Gasteiger charge is 2.09. The smallest absolute Gasteiger partial charge is 0.305 e. The van der Waals surface area contributed by atoms with E-state index in [9.17, 15) is 14.4 Å². The lowest BCUT2D eigenvalue weighted by Gasteiger charge is -2.09. The van der Waals surface area contributed by atoms with E-state index < -0.39 is 5.97 Å². The van der Waals surface area contributed by atoms with Crippen LogP contribution in [0.15, 0.2) is 54.6 Å². The molecule has 2 amide bonds. The summed E-state index contributed by atoms with van der Waals surface area (Å²) in [5, 5.41) is 17.0. The zero-order chi connectivity index (χ0) is 23.1. The Balaban J connectivity index is 1.57. The standard InChI is InChI=1S/C23H23N5O4/c1-14-13-15(2)26-23(25-14)28-19-9-5-17(6-10-19)22(32)27-18-7-3-16(4-8-18)21(31)24-12-11-20(29)30/h3-10,13H,11-12H2,1-2H3,(H,24,31)(H,27,32)(H,29,30)(H,25,26,28). The average molecular weight is 433 g/mol. The Kier molecular flexibility index (Phi) is 7.12. The molecule has 1 heterocycles. The largest absolute Gasteiger partial charge is 0.481 e. The molecule has 0 fully saturated rings. The van der Waals surface area contributed by atoms with Gasteiger partial charge in [-0.2, -0.15) is 0 Å². The quantitative estimate of drug-likeness (QED) is 0.428. The van der Waals surface area contributed by atoms with Gasteiger partial charge in [-0.1, -0.05) is 0 Å². The van der Waals surface area contributed by atoms with E-state index >= 15 is 0 Å². The van der Waals surface area contributed by atoms with Crippen molar-refractivity contribution >= 4 is 35.1 Å². The van der Waals surface area contributed by atoms with Gasteiger partial charge < -0.3 is 21.1 Å². The van der Waals surface area contributed by atoms with Crippen molar-refractivity contribution < 1.29 is 19.5 Å². The molecule has 0 saturated heterocycles. The first-order chi connectivity index (χ1) is 15.3. The Morgan fingerprint density at radius 3 is 1.91 bits per heavy atom. The van der Waals surface area contributed by atoms with E-state index in [4.69, 9.17) is 5.11 Å². The average Bonchev–Trinajstić information content (AvgIpc) is 2.73. The summed E-state index contributed by atoms with van der Waals surface area (Å²) in [6.07, 6.45) is -0.147. The fourth-order valence-corrected chi connectivity index (χ4v) is 2.91. The molecule has 1 aromatic heterocycles. The van der Waals surface area contributed by atoms with Crippen LogP contribution in [0.4, 0.5) is 17.3 Å². The monoisotopic (exact) mass is 433 g/mol. The molecule has 9 heteroatoms. The number of benzene rings is 2. The van der Waals surface area contributed by atoms with E-state index in [1.165, 1.54) is 0 Å². The summed E-state index contributed by atoms with van der Waals surface area (Å²) in [5.74, 6) is -1.16. The molecular weight excluding hydrogens is 410 g/mol. The maximum atomic E-state index is 12.5. The lowest BCUT2D eigenvalue weighted by atomic mass is 10.1. The molecule has 2 aromatic carbocycles. The van der Waals surface area contributed by atoms with Gasteiger partial charge in [0, 0.05) is 40.4 Å². The number of carbonyl (C=O) groups is 3. The van der Waals surface area contributed by atoms with Gasteiger partial charge >= 0.3 is 5.97 Å². The molecule has 0 unspecified atom stereocenters. The van der Waals surface area contributed by atoms with Gasteiger partial charge in [0.05, 0.1) is 6.42 Å². The minimum absolute atomic E-state index is 0.0487. The van der Waals surface area contributed by atoms with E-state index in [0.717, 1.165) is 17.1 Å². The highest BCUT2D eigenvalue weighted by molar-refractivity contribution is 6.04. The first kappa shape index (κ1) is 22.4. The summed E-state index contributed by atoms with van der Waals surface area (Å²) >= 11 is 0. The first-order valence-corrected chi connectivity index (χ1v) is 9.91. The molecule has 0 spiro atoms. The topological polar surface area (TPSA) is 133 Å². The summed E-state index contributed by atoms with van der Waals surface area (Å²) in [6.45, 7) is 3.84. The van der Waals surface area contributed by atoms with Crippen molar-refractivity contribution in [2.45, 2.75) is 20.3 Å². The van der Waals surface area contributed by atoms with Crippen LogP contribution in [0.3, 0.4) is 0 Å². The van der Waals surface area contributed by atoms with Crippen LogP contribution in [-0.2, 0) is 4.79 Å². The third-order valence-electron chi connectivity index (χ3n) is 4.41. The van der Waals surface area contributed by atoms with Gasteiger partial charge in [-0.15, -0.1) is 0 Å². The molecule has 3 aromatic rings. The Bertz CT molecular complexity index is 1110. The molecular formula is C23H23N5O4. The van der Waals surface area contributed by atoms with Crippen molar-refractivity contribution in [1.29, 1.82) is 0 Å². The second kappa shape index (κ2) is 10.2. The van der Waals surface area contributed by atoms with Crippen LogP contribution in [0.2, 0.25) is 0 Å². The third-order valence-corrected chi connectivity index (χ3v) is 4.41. The molecule has 3 rings (SSSR count). The molecule has 0 aliphatic carbocycles. The summed E-state index contributed by atoms with van der Waals surface area (Å²) in [6, 6.07) is 15.1. The summed E-state index contributed by atoms with van der Waals surface area (Å²) in [4.78, 5) is 43.6. The maximum Gasteiger partial charge on any atom is 0.305 e. The number of anilines is 3. The number of hydrogen-bond donors (Lipinski definition) is 4. The predicted molar refractivity (Wildman–Crippen MR) is 120 cm³/mol. The third kappa shape index (κ3) is 6.36. The van der Waals surface area contributed by atoms with Gasteiger partial charge in [0.1, 0.15) is 0 Å². The minimum Gasteiger partial charge on any atom is -0.481 e. The first-order valence-electron chi connectivity index (χ1n) is 9.91. The Morgan fingerprint density at radius 2 is 1.34 bits per heavy atom. The van der Waals surface area contributed by atoms with Crippen molar-refractivity contribution in [1.82, 2.24) is 15.3 Å². The van der Waals surface area contributed by atoms with Crippen LogP contribution >= 0.6 is 0 Å². The number of aliphatic carboxylic acids is 1. The lowest BCUT2D eigenvalue weighted by Crippen LogP contribution is -2.25. The molecule has 9 nitrogen and oxygen atoms in total. The number of hydrogen-bond acceptors (Lipinski definition) is 6. The molecule has 0 aliphatic rings. The van der Waals surface area contributed by atoms with Crippen molar-refractivity contribution in [2.75, 3.05) is 17.2 Å². The zero-order valence-electron chi connectivity index (χ0n) is 17.7. The molecule has 4 N–H and O–H groups in total. The molecule has 0 bridgehead atoms. The van der Waals surface area contributed by atoms with Crippen LogP contribution in [0, 0.1) is 13.8 Å². The maximum absolute atomic E-state index is 12.5. The van der Waals surface area contributed by atoms with Crippen molar-refractivity contribution in [3.63, 3.8) is 0 Å². The molecule has 32 heavy (non-hydrogen) atoms. The Hall–Kier alpha value is -4.27.